The van der Waals surface area contributed by atoms with Gasteiger partial charge >= 0.3 is 23.9 Å². The van der Waals surface area contributed by atoms with E-state index in [2.05, 4.69) is 5.10 Å². The highest BCUT2D eigenvalue weighted by atomic mass is 16.7. The Balaban J connectivity index is 2.44. The Bertz CT molecular complexity index is 816. The van der Waals surface area contributed by atoms with E-state index in [0.717, 1.165) is 26.5 Å². The summed E-state index contributed by atoms with van der Waals surface area (Å²) in [6.07, 6.45) is -6.24. The minimum absolute atomic E-state index is 0.154. The Morgan fingerprint density at radius 3 is 1.97 bits per heavy atom. The lowest BCUT2D eigenvalue weighted by Gasteiger charge is -2.43. The first kappa shape index (κ1) is 24.1. The number of aromatic nitrogens is 2. The zero-order chi connectivity index (χ0) is 23.3. The molecule has 1 saturated heterocycles. The molecule has 0 radical (unpaired) electrons. The van der Waals surface area contributed by atoms with Crippen LogP contribution in [0.4, 0.5) is 0 Å². The van der Waals surface area contributed by atoms with Crippen LogP contribution in [0.25, 0.3) is 0 Å². The molecular weight excluding hydrogens is 416 g/mol. The standard InChI is InChI=1S/C19H26N2O10/c1-9-7-15(20-21(9)6)31-19-18(29-13(5)25)17(28-12(4)24)16(27-11(3)23)14(30-19)8-26-10(2)22/h7,14,16-19H,8H2,1-6H3/t14-,16-,17+,18-,19+/m1/s1. The maximum atomic E-state index is 11.8. The number of hydrogen-bond donors (Lipinski definition) is 0. The first-order chi connectivity index (χ1) is 14.5. The van der Waals surface area contributed by atoms with Gasteiger partial charge in [-0.05, 0) is 6.92 Å². The fourth-order valence-corrected chi connectivity index (χ4v) is 2.99. The quantitative estimate of drug-likeness (QED) is 0.422. The molecular formula is C19H26N2O10. The molecule has 1 aromatic rings. The van der Waals surface area contributed by atoms with Gasteiger partial charge in [-0.15, -0.1) is 5.10 Å². The fourth-order valence-electron chi connectivity index (χ4n) is 2.99. The molecule has 172 valence electrons. The highest BCUT2D eigenvalue weighted by molar-refractivity contribution is 5.68. The van der Waals surface area contributed by atoms with E-state index in [1.54, 1.807) is 24.7 Å². The molecule has 0 aliphatic carbocycles. The van der Waals surface area contributed by atoms with Gasteiger partial charge in [0.05, 0.1) is 0 Å². The smallest absolute Gasteiger partial charge is 0.303 e. The zero-order valence-electron chi connectivity index (χ0n) is 18.1. The van der Waals surface area contributed by atoms with Gasteiger partial charge in [0.15, 0.2) is 12.2 Å². The van der Waals surface area contributed by atoms with Gasteiger partial charge in [0, 0.05) is 46.5 Å². The highest BCUT2D eigenvalue weighted by Crippen LogP contribution is 2.30. The summed E-state index contributed by atoms with van der Waals surface area (Å²) in [7, 11) is 1.70. The largest absolute Gasteiger partial charge is 0.463 e. The molecule has 0 spiro atoms. The van der Waals surface area contributed by atoms with Gasteiger partial charge < -0.3 is 28.4 Å². The van der Waals surface area contributed by atoms with Gasteiger partial charge in [-0.3, -0.25) is 23.9 Å². The molecule has 0 unspecified atom stereocenters. The van der Waals surface area contributed by atoms with Crippen LogP contribution in [0.1, 0.15) is 33.4 Å². The average molecular weight is 442 g/mol. The van der Waals surface area contributed by atoms with Crippen LogP contribution in [0.2, 0.25) is 0 Å². The van der Waals surface area contributed by atoms with Crippen molar-refractivity contribution in [3.8, 4) is 5.88 Å². The molecule has 1 aliphatic heterocycles. The van der Waals surface area contributed by atoms with Crippen LogP contribution >= 0.6 is 0 Å². The van der Waals surface area contributed by atoms with Crippen LogP contribution < -0.4 is 4.74 Å². The summed E-state index contributed by atoms with van der Waals surface area (Å²) in [5.41, 5.74) is 0.778. The number of esters is 4. The third kappa shape index (κ3) is 6.67. The SMILES string of the molecule is CC(=O)OC[C@H]1O[C@@H](Oc2cc(C)n(C)n2)[C@H](OC(C)=O)[C@@H](OC(C)=O)[C@@H]1OC(C)=O. The van der Waals surface area contributed by atoms with Gasteiger partial charge in [-0.1, -0.05) is 0 Å². The van der Waals surface area contributed by atoms with Crippen LogP contribution in [0.15, 0.2) is 6.07 Å². The van der Waals surface area contributed by atoms with Crippen molar-refractivity contribution in [2.45, 2.75) is 65.3 Å². The van der Waals surface area contributed by atoms with Crippen molar-refractivity contribution in [2.24, 2.45) is 7.05 Å². The summed E-state index contributed by atoms with van der Waals surface area (Å²) < 4.78 is 34.1. The van der Waals surface area contributed by atoms with Crippen LogP contribution in [0.3, 0.4) is 0 Å². The summed E-state index contributed by atoms with van der Waals surface area (Å²) in [6, 6.07) is 1.62. The molecule has 2 heterocycles. The Morgan fingerprint density at radius 1 is 0.935 bits per heavy atom. The number of aryl methyl sites for hydroxylation is 2. The number of carbonyl (C=O) groups is 4. The number of nitrogens with zero attached hydrogens (tertiary/aromatic N) is 2. The predicted molar refractivity (Wildman–Crippen MR) is 101 cm³/mol. The number of carbonyl (C=O) groups excluding carboxylic acids is 4. The molecule has 2 rings (SSSR count). The summed E-state index contributed by atoms with van der Waals surface area (Å²) in [5, 5.41) is 4.17. The number of hydrogen-bond acceptors (Lipinski definition) is 11. The van der Waals surface area contributed by atoms with E-state index >= 15 is 0 Å². The van der Waals surface area contributed by atoms with E-state index in [1.807, 2.05) is 0 Å². The second-order valence-corrected chi connectivity index (χ2v) is 6.93. The Morgan fingerprint density at radius 2 is 1.48 bits per heavy atom. The Hall–Kier alpha value is -3.15. The van der Waals surface area contributed by atoms with E-state index in [0.29, 0.717) is 0 Å². The van der Waals surface area contributed by atoms with Crippen LogP contribution in [0, 0.1) is 6.92 Å². The highest BCUT2D eigenvalue weighted by Gasteiger charge is 2.53. The summed E-state index contributed by atoms with van der Waals surface area (Å²) in [4.78, 5) is 46.5. The molecule has 0 amide bonds. The van der Waals surface area contributed by atoms with Crippen molar-refractivity contribution in [1.82, 2.24) is 9.78 Å². The molecule has 0 saturated carbocycles. The second-order valence-electron chi connectivity index (χ2n) is 6.93. The van der Waals surface area contributed by atoms with Crippen molar-refractivity contribution in [3.05, 3.63) is 11.8 Å². The first-order valence-corrected chi connectivity index (χ1v) is 9.45. The third-order valence-corrected chi connectivity index (χ3v) is 4.28. The van der Waals surface area contributed by atoms with E-state index in [1.165, 1.54) is 6.92 Å². The molecule has 1 fully saturated rings. The number of rotatable bonds is 7. The van der Waals surface area contributed by atoms with E-state index in [9.17, 15) is 19.2 Å². The van der Waals surface area contributed by atoms with Gasteiger partial charge in [0.2, 0.25) is 18.3 Å². The molecule has 0 aromatic carbocycles. The second kappa shape index (κ2) is 10.2. The van der Waals surface area contributed by atoms with Crippen molar-refractivity contribution < 1.29 is 47.6 Å². The van der Waals surface area contributed by atoms with E-state index in [-0.39, 0.29) is 12.5 Å². The van der Waals surface area contributed by atoms with Crippen LogP contribution in [0.5, 0.6) is 5.88 Å². The predicted octanol–water partition coefficient (Wildman–Crippen LogP) is 0.190. The maximum Gasteiger partial charge on any atom is 0.303 e. The fraction of sp³-hybridized carbons (Fsp3) is 0.632. The van der Waals surface area contributed by atoms with Crippen molar-refractivity contribution in [1.29, 1.82) is 0 Å². The normalized spacial score (nSPS) is 25.3. The maximum absolute atomic E-state index is 11.8. The van der Waals surface area contributed by atoms with Crippen molar-refractivity contribution in [3.63, 3.8) is 0 Å². The monoisotopic (exact) mass is 442 g/mol. The van der Waals surface area contributed by atoms with Gasteiger partial charge in [-0.25, -0.2) is 0 Å². The van der Waals surface area contributed by atoms with Crippen molar-refractivity contribution >= 4 is 23.9 Å². The third-order valence-electron chi connectivity index (χ3n) is 4.28. The van der Waals surface area contributed by atoms with Gasteiger partial charge in [0.25, 0.3) is 0 Å². The number of ether oxygens (including phenoxy) is 6. The Kier molecular flexibility index (Phi) is 7.97. The minimum Gasteiger partial charge on any atom is -0.463 e. The van der Waals surface area contributed by atoms with Crippen molar-refractivity contribution in [2.75, 3.05) is 6.61 Å². The Labute approximate surface area is 178 Å². The topological polar surface area (TPSA) is 141 Å². The molecule has 12 nitrogen and oxygen atoms in total. The van der Waals surface area contributed by atoms with Gasteiger partial charge in [-0.2, -0.15) is 0 Å². The molecule has 1 aromatic heterocycles. The first-order valence-electron chi connectivity index (χ1n) is 9.45. The van der Waals surface area contributed by atoms with Gasteiger partial charge in [0.1, 0.15) is 12.7 Å². The lowest BCUT2D eigenvalue weighted by molar-refractivity contribution is -0.289. The summed E-state index contributed by atoms with van der Waals surface area (Å²) in [6.45, 7) is 6.10. The van der Waals surface area contributed by atoms with Crippen LogP contribution in [-0.4, -0.2) is 71.0 Å². The lowest BCUT2D eigenvalue weighted by atomic mass is 9.98. The molecule has 12 heteroatoms. The summed E-state index contributed by atoms with van der Waals surface area (Å²) in [5.74, 6) is -2.59. The summed E-state index contributed by atoms with van der Waals surface area (Å²) >= 11 is 0. The zero-order valence-corrected chi connectivity index (χ0v) is 18.1. The van der Waals surface area contributed by atoms with Crippen LogP contribution in [-0.2, 0) is 49.9 Å². The lowest BCUT2D eigenvalue weighted by Crippen LogP contribution is -2.63. The van der Waals surface area contributed by atoms with E-state index < -0.39 is 54.6 Å². The molecule has 31 heavy (non-hydrogen) atoms. The molecule has 5 atom stereocenters. The minimum atomic E-state index is -1.31. The molecule has 0 bridgehead atoms. The molecule has 0 N–H and O–H groups in total. The molecule has 1 aliphatic rings. The average Bonchev–Trinajstić information content (AvgIpc) is 2.94. The van der Waals surface area contributed by atoms with E-state index in [4.69, 9.17) is 28.4 Å².